The third kappa shape index (κ3) is 2.48. The van der Waals surface area contributed by atoms with Gasteiger partial charge in [0.1, 0.15) is 0 Å². The molecule has 0 aromatic rings. The molecule has 0 aromatic heterocycles. The molecule has 0 aliphatic rings. The van der Waals surface area contributed by atoms with Crippen LogP contribution in [0.25, 0.3) is 0 Å². The van der Waals surface area contributed by atoms with Crippen LogP contribution in [0.1, 0.15) is 0 Å². The van der Waals surface area contributed by atoms with Gasteiger partial charge in [-0.3, -0.25) is 14.9 Å². The molecule has 0 radical (unpaired) electrons. The predicted octanol–water partition coefficient (Wildman–Crippen LogP) is 0.690. The van der Waals surface area contributed by atoms with E-state index in [1.54, 1.807) is 0 Å². The number of halogens is 4. The molecule has 1 atom stereocenters. The van der Waals surface area contributed by atoms with Crippen molar-refractivity contribution >= 4 is 6.04 Å². The molecular formula is C3HF4NO3. The van der Waals surface area contributed by atoms with E-state index in [1.807, 2.05) is 0 Å². The molecule has 11 heavy (non-hydrogen) atoms. The first-order valence-electron chi connectivity index (χ1n) is 2.16. The van der Waals surface area contributed by atoms with Gasteiger partial charge in [0.2, 0.25) is 0 Å². The monoisotopic (exact) mass is 175 g/mol. The molecule has 0 bridgehead atoms. The van der Waals surface area contributed by atoms with Crippen LogP contribution in [-0.4, -0.2) is 23.2 Å². The zero-order chi connectivity index (χ0) is 9.23. The average molecular weight is 175 g/mol. The Hall–Kier alpha value is -1.21. The lowest BCUT2D eigenvalue weighted by Gasteiger charge is -2.06. The Balaban J connectivity index is 4.63. The fourth-order valence-corrected chi connectivity index (χ4v) is 0.331. The lowest BCUT2D eigenvalue weighted by Crippen LogP contribution is -2.41. The van der Waals surface area contributed by atoms with E-state index < -0.39 is 23.2 Å². The first kappa shape index (κ1) is 9.79. The highest BCUT2D eigenvalue weighted by atomic mass is 19.4. The highest BCUT2D eigenvalue weighted by Crippen LogP contribution is 2.23. The Labute approximate surface area is 56.9 Å². The second kappa shape index (κ2) is 2.81. The summed E-state index contributed by atoms with van der Waals surface area (Å²) >= 11 is 0. The molecule has 0 amide bonds. The molecule has 0 fully saturated rings. The third-order valence-corrected chi connectivity index (χ3v) is 0.736. The fourth-order valence-electron chi connectivity index (χ4n) is 0.331. The van der Waals surface area contributed by atoms with Gasteiger partial charge in [-0.25, -0.2) is 0 Å². The lowest BCUT2D eigenvalue weighted by atomic mass is 10.3. The zero-order valence-corrected chi connectivity index (χ0v) is 4.76. The molecule has 0 aliphatic heterocycles. The minimum atomic E-state index is -5.46. The number of hydrogen-bond donors (Lipinski definition) is 0. The van der Waals surface area contributed by atoms with E-state index in [0.717, 1.165) is 0 Å². The first-order chi connectivity index (χ1) is 4.76. The molecular weight excluding hydrogens is 174 g/mol. The molecule has 0 aliphatic carbocycles. The highest BCUT2D eigenvalue weighted by molar-refractivity contribution is 5.73. The maximum absolute atomic E-state index is 11.3. The normalized spacial score (nSPS) is 14.2. The van der Waals surface area contributed by atoms with Crippen LogP contribution >= 0.6 is 0 Å². The van der Waals surface area contributed by atoms with Crippen LogP contribution in [0, 0.1) is 10.1 Å². The third-order valence-electron chi connectivity index (χ3n) is 0.736. The zero-order valence-electron chi connectivity index (χ0n) is 4.76. The van der Waals surface area contributed by atoms with Gasteiger partial charge in [-0.05, 0) is 0 Å². The quantitative estimate of drug-likeness (QED) is 0.268. The number of carbonyl (C=O) groups is 1. The maximum Gasteiger partial charge on any atom is 0.468 e. The SMILES string of the molecule is O=C(F)C([N+](=O)[O-])C(F)(F)F. The topological polar surface area (TPSA) is 60.2 Å². The van der Waals surface area contributed by atoms with Crippen LogP contribution in [0.15, 0.2) is 0 Å². The molecule has 0 N–H and O–H groups in total. The van der Waals surface area contributed by atoms with E-state index >= 15 is 0 Å². The van der Waals surface area contributed by atoms with Gasteiger partial charge < -0.3 is 0 Å². The van der Waals surface area contributed by atoms with E-state index in [9.17, 15) is 32.5 Å². The summed E-state index contributed by atoms with van der Waals surface area (Å²) in [5.74, 6) is 0. The Morgan fingerprint density at radius 3 is 1.82 bits per heavy atom. The Morgan fingerprint density at radius 2 is 1.82 bits per heavy atom. The lowest BCUT2D eigenvalue weighted by molar-refractivity contribution is -0.548. The van der Waals surface area contributed by atoms with Crippen LogP contribution in [0.5, 0.6) is 0 Å². The summed E-state index contributed by atoms with van der Waals surface area (Å²) in [6.45, 7) is 0. The molecule has 4 nitrogen and oxygen atoms in total. The number of carbonyl (C=O) groups excluding carboxylic acids is 1. The van der Waals surface area contributed by atoms with Crippen molar-refractivity contribution in [3.8, 4) is 0 Å². The van der Waals surface area contributed by atoms with Gasteiger partial charge in [-0.15, -0.1) is 0 Å². The number of nitro groups is 1. The van der Waals surface area contributed by atoms with Crippen molar-refractivity contribution in [1.82, 2.24) is 0 Å². The van der Waals surface area contributed by atoms with Gasteiger partial charge >= 0.3 is 18.3 Å². The van der Waals surface area contributed by atoms with Gasteiger partial charge in [-0.1, -0.05) is 0 Å². The number of hydrogen-bond acceptors (Lipinski definition) is 3. The Morgan fingerprint density at radius 1 is 1.45 bits per heavy atom. The molecule has 64 valence electrons. The van der Waals surface area contributed by atoms with E-state index in [0.29, 0.717) is 0 Å². The summed E-state index contributed by atoms with van der Waals surface area (Å²) < 4.78 is 45.3. The van der Waals surface area contributed by atoms with Crippen LogP contribution in [-0.2, 0) is 4.79 Å². The standard InChI is InChI=1S/C3HF4NO3/c4-2(9)1(8(10)11)3(5,6)7/h1H. The molecule has 0 spiro atoms. The van der Waals surface area contributed by atoms with Gasteiger partial charge in [-0.2, -0.15) is 17.6 Å². The van der Waals surface area contributed by atoms with Gasteiger partial charge in [0.25, 0.3) is 0 Å². The van der Waals surface area contributed by atoms with E-state index in [1.165, 1.54) is 0 Å². The highest BCUT2D eigenvalue weighted by Gasteiger charge is 2.55. The molecule has 0 rings (SSSR count). The smallest absolute Gasteiger partial charge is 0.263 e. The van der Waals surface area contributed by atoms with Crippen molar-refractivity contribution < 1.29 is 27.3 Å². The minimum absolute atomic E-state index is 2.03. The van der Waals surface area contributed by atoms with E-state index in [-0.39, 0.29) is 0 Å². The van der Waals surface area contributed by atoms with E-state index in [2.05, 4.69) is 0 Å². The van der Waals surface area contributed by atoms with Crippen molar-refractivity contribution in [2.24, 2.45) is 0 Å². The summed E-state index contributed by atoms with van der Waals surface area (Å²) in [6, 6.07) is -6.76. The summed E-state index contributed by atoms with van der Waals surface area (Å²) in [7, 11) is 0. The number of nitrogens with zero attached hydrogens (tertiary/aromatic N) is 1. The Kier molecular flexibility index (Phi) is 2.50. The first-order valence-corrected chi connectivity index (χ1v) is 2.16. The number of rotatable bonds is 2. The molecule has 8 heteroatoms. The van der Waals surface area contributed by atoms with Crippen molar-refractivity contribution in [2.45, 2.75) is 12.2 Å². The summed E-state index contributed by atoms with van der Waals surface area (Å²) in [5, 5.41) is 9.41. The molecule has 1 unspecified atom stereocenters. The van der Waals surface area contributed by atoms with Crippen LogP contribution < -0.4 is 0 Å². The second-order valence-corrected chi connectivity index (χ2v) is 1.53. The van der Waals surface area contributed by atoms with Crippen LogP contribution in [0.3, 0.4) is 0 Å². The van der Waals surface area contributed by atoms with Gasteiger partial charge in [0.15, 0.2) is 0 Å². The van der Waals surface area contributed by atoms with Crippen LogP contribution in [0.2, 0.25) is 0 Å². The van der Waals surface area contributed by atoms with Crippen molar-refractivity contribution in [1.29, 1.82) is 0 Å². The summed E-state index contributed by atoms with van der Waals surface area (Å²) in [4.78, 5) is 16.8. The summed E-state index contributed by atoms with van der Waals surface area (Å²) in [5.41, 5.74) is 0. The number of alkyl halides is 3. The molecule has 0 saturated heterocycles. The molecule has 0 saturated carbocycles. The van der Waals surface area contributed by atoms with Gasteiger partial charge in [0, 0.05) is 4.92 Å². The minimum Gasteiger partial charge on any atom is -0.263 e. The fraction of sp³-hybridized carbons (Fsp3) is 0.667. The average Bonchev–Trinajstić information content (AvgIpc) is 1.54. The molecule has 0 heterocycles. The van der Waals surface area contributed by atoms with Gasteiger partial charge in [0.05, 0.1) is 0 Å². The summed E-state index contributed by atoms with van der Waals surface area (Å²) in [6.07, 6.45) is -5.46. The predicted molar refractivity (Wildman–Crippen MR) is 23.0 cm³/mol. The van der Waals surface area contributed by atoms with Crippen molar-refractivity contribution in [3.05, 3.63) is 10.1 Å². The maximum atomic E-state index is 11.3. The second-order valence-electron chi connectivity index (χ2n) is 1.53. The van der Waals surface area contributed by atoms with Crippen molar-refractivity contribution in [3.63, 3.8) is 0 Å². The largest absolute Gasteiger partial charge is 0.468 e. The van der Waals surface area contributed by atoms with Crippen LogP contribution in [0.4, 0.5) is 17.6 Å². The van der Waals surface area contributed by atoms with E-state index in [4.69, 9.17) is 0 Å². The van der Waals surface area contributed by atoms with Crippen molar-refractivity contribution in [2.75, 3.05) is 0 Å². The Bertz CT molecular complexity index is 174. The molecule has 0 aromatic carbocycles.